The summed E-state index contributed by atoms with van der Waals surface area (Å²) in [6, 6.07) is 11.4. The Hall–Kier alpha value is -1.36. The zero-order chi connectivity index (χ0) is 15.6. The Balaban J connectivity index is 0.00000192. The number of benzene rings is 1. The van der Waals surface area contributed by atoms with E-state index in [0.29, 0.717) is 6.54 Å². The molecule has 1 aromatic heterocycles. The summed E-state index contributed by atoms with van der Waals surface area (Å²) in [6.45, 7) is 0.594. The average molecular weight is 354 g/mol. The monoisotopic (exact) mass is 353 g/mol. The molecule has 1 saturated carbocycles. The second kappa shape index (κ2) is 7.47. The van der Waals surface area contributed by atoms with Crippen molar-refractivity contribution in [3.05, 3.63) is 63.5 Å². The average Bonchev–Trinajstić information content (AvgIpc) is 2.55. The first-order valence-electron chi connectivity index (χ1n) is 7.65. The van der Waals surface area contributed by atoms with Gasteiger partial charge in [0.15, 0.2) is 0 Å². The predicted molar refractivity (Wildman–Crippen MR) is 95.4 cm³/mol. The molecule has 1 aliphatic carbocycles. The Morgan fingerprint density at radius 1 is 1.26 bits per heavy atom. The zero-order valence-electron chi connectivity index (χ0n) is 12.8. The maximum atomic E-state index is 11.9. The van der Waals surface area contributed by atoms with Gasteiger partial charge in [-0.1, -0.05) is 23.7 Å². The van der Waals surface area contributed by atoms with E-state index in [1.807, 2.05) is 18.2 Å². The first-order valence-corrected chi connectivity index (χ1v) is 8.02. The molecule has 0 amide bonds. The molecule has 1 fully saturated rings. The third-order valence-corrected chi connectivity index (χ3v) is 5.06. The summed E-state index contributed by atoms with van der Waals surface area (Å²) in [5.74, 6) is 0. The van der Waals surface area contributed by atoms with Gasteiger partial charge in [-0.05, 0) is 49.4 Å². The van der Waals surface area contributed by atoms with Gasteiger partial charge >= 0.3 is 0 Å². The second-order valence-corrected chi connectivity index (χ2v) is 6.47. The molecule has 0 aliphatic heterocycles. The van der Waals surface area contributed by atoms with Gasteiger partial charge in [-0.2, -0.15) is 5.10 Å². The number of nitrogens with zero attached hydrogens (tertiary/aromatic N) is 2. The third-order valence-electron chi connectivity index (χ3n) is 4.83. The number of halogens is 2. The molecule has 0 bridgehead atoms. The topological polar surface area (TPSA) is 60.9 Å². The van der Waals surface area contributed by atoms with Gasteiger partial charge < -0.3 is 5.73 Å². The first-order chi connectivity index (χ1) is 10.6. The molecule has 0 unspecified atom stereocenters. The zero-order valence-corrected chi connectivity index (χ0v) is 14.4. The van der Waals surface area contributed by atoms with Gasteiger partial charge in [0.05, 0.1) is 6.04 Å². The lowest BCUT2D eigenvalue weighted by molar-refractivity contribution is 0.222. The normalized spacial score (nSPS) is 24.0. The molecule has 0 spiro atoms. The van der Waals surface area contributed by atoms with Crippen molar-refractivity contribution in [3.63, 3.8) is 0 Å². The molecule has 0 atom stereocenters. The molecule has 2 N–H and O–H groups in total. The molecule has 1 aliphatic rings. The van der Waals surface area contributed by atoms with Crippen LogP contribution < -0.4 is 11.3 Å². The fourth-order valence-corrected chi connectivity index (χ4v) is 3.66. The van der Waals surface area contributed by atoms with Crippen LogP contribution in [0.2, 0.25) is 5.02 Å². The second-order valence-electron chi connectivity index (χ2n) is 6.03. The highest BCUT2D eigenvalue weighted by Crippen LogP contribution is 2.42. The van der Waals surface area contributed by atoms with E-state index >= 15 is 0 Å². The molecule has 124 valence electrons. The molecule has 4 nitrogen and oxygen atoms in total. The maximum Gasteiger partial charge on any atom is 0.266 e. The molecule has 0 saturated heterocycles. The fourth-order valence-electron chi connectivity index (χ4n) is 3.47. The summed E-state index contributed by atoms with van der Waals surface area (Å²) in [4.78, 5) is 11.9. The highest BCUT2D eigenvalue weighted by Gasteiger charge is 2.36. The number of hydrogen-bond donors (Lipinski definition) is 1. The number of hydrogen-bond acceptors (Lipinski definition) is 3. The van der Waals surface area contributed by atoms with Crippen molar-refractivity contribution in [3.8, 4) is 0 Å². The first kappa shape index (κ1) is 18.0. The third kappa shape index (κ3) is 3.60. The van der Waals surface area contributed by atoms with E-state index in [4.69, 9.17) is 17.3 Å². The molecule has 2 aromatic rings. The minimum atomic E-state index is -0.0419. The van der Waals surface area contributed by atoms with Crippen LogP contribution in [0.5, 0.6) is 0 Å². The van der Waals surface area contributed by atoms with Crippen LogP contribution in [0.1, 0.15) is 37.3 Å². The highest BCUT2D eigenvalue weighted by molar-refractivity contribution is 6.30. The van der Waals surface area contributed by atoms with Crippen LogP contribution in [0.4, 0.5) is 0 Å². The van der Waals surface area contributed by atoms with Gasteiger partial charge in [0, 0.05) is 29.2 Å². The Kier molecular flexibility index (Phi) is 5.84. The van der Waals surface area contributed by atoms with E-state index < -0.39 is 0 Å². The molecular weight excluding hydrogens is 333 g/mol. The molecular formula is C17H21Cl2N3O. The number of nitrogens with two attached hydrogens (primary N) is 1. The summed E-state index contributed by atoms with van der Waals surface area (Å²) in [6.07, 6.45) is 5.36. The largest absolute Gasteiger partial charge is 0.330 e. The molecule has 6 heteroatoms. The fraction of sp³-hybridized carbons (Fsp3) is 0.412. The van der Waals surface area contributed by atoms with Crippen molar-refractivity contribution >= 4 is 24.0 Å². The van der Waals surface area contributed by atoms with Gasteiger partial charge in [-0.15, -0.1) is 12.4 Å². The van der Waals surface area contributed by atoms with Crippen LogP contribution in [0.3, 0.4) is 0 Å². The van der Waals surface area contributed by atoms with Crippen molar-refractivity contribution < 1.29 is 0 Å². The molecule has 23 heavy (non-hydrogen) atoms. The van der Waals surface area contributed by atoms with E-state index in [0.717, 1.165) is 30.7 Å². The molecule has 0 radical (unpaired) electrons. The number of aromatic nitrogens is 2. The van der Waals surface area contributed by atoms with E-state index in [1.165, 1.54) is 5.56 Å². The van der Waals surface area contributed by atoms with Crippen LogP contribution in [-0.4, -0.2) is 16.3 Å². The SMILES string of the molecule is Cl.NC[C@]1(c2cccc(Cl)c2)CC[C@@H](n2ncccc2=O)CC1. The summed E-state index contributed by atoms with van der Waals surface area (Å²) in [5, 5.41) is 4.96. The van der Waals surface area contributed by atoms with Gasteiger partial charge in [-0.25, -0.2) is 4.68 Å². The Morgan fingerprint density at radius 3 is 2.61 bits per heavy atom. The van der Waals surface area contributed by atoms with Crippen LogP contribution in [0, 0.1) is 0 Å². The van der Waals surface area contributed by atoms with Crippen molar-refractivity contribution in [2.75, 3.05) is 6.54 Å². The van der Waals surface area contributed by atoms with E-state index in [2.05, 4.69) is 11.2 Å². The van der Waals surface area contributed by atoms with Gasteiger partial charge in [-0.3, -0.25) is 4.79 Å². The van der Waals surface area contributed by atoms with Crippen molar-refractivity contribution in [2.45, 2.75) is 37.1 Å². The number of rotatable bonds is 3. The lowest BCUT2D eigenvalue weighted by Gasteiger charge is -2.40. The lowest BCUT2D eigenvalue weighted by atomic mass is 9.68. The van der Waals surface area contributed by atoms with E-state index in [9.17, 15) is 4.79 Å². The van der Waals surface area contributed by atoms with Gasteiger partial charge in [0.25, 0.3) is 5.56 Å². The smallest absolute Gasteiger partial charge is 0.266 e. The molecule has 3 rings (SSSR count). The highest BCUT2D eigenvalue weighted by atomic mass is 35.5. The standard InChI is InChI=1S/C17H20ClN3O.ClH/c18-14-4-1-3-13(11-14)17(12-19)8-6-15(7-9-17)21-16(22)5-2-10-20-21;/h1-5,10-11,15H,6-9,12,19H2;1H/t15-,17+;. The van der Waals surface area contributed by atoms with Crippen LogP contribution in [0.25, 0.3) is 0 Å². The predicted octanol–water partition coefficient (Wildman–Crippen LogP) is 3.33. The van der Waals surface area contributed by atoms with Crippen LogP contribution in [-0.2, 0) is 5.41 Å². The summed E-state index contributed by atoms with van der Waals surface area (Å²) < 4.78 is 1.61. The van der Waals surface area contributed by atoms with E-state index in [-0.39, 0.29) is 29.4 Å². The Morgan fingerprint density at radius 2 is 2.00 bits per heavy atom. The quantitative estimate of drug-likeness (QED) is 0.920. The van der Waals surface area contributed by atoms with Crippen LogP contribution in [0.15, 0.2) is 47.4 Å². The minimum Gasteiger partial charge on any atom is -0.330 e. The van der Waals surface area contributed by atoms with Crippen molar-refractivity contribution in [1.82, 2.24) is 9.78 Å². The summed E-state index contributed by atoms with van der Waals surface area (Å²) in [7, 11) is 0. The van der Waals surface area contributed by atoms with Crippen molar-refractivity contribution in [1.29, 1.82) is 0 Å². The maximum absolute atomic E-state index is 11.9. The Labute approximate surface area is 147 Å². The lowest BCUT2D eigenvalue weighted by Crippen LogP contribution is -2.41. The van der Waals surface area contributed by atoms with E-state index in [1.54, 1.807) is 23.0 Å². The van der Waals surface area contributed by atoms with Crippen molar-refractivity contribution in [2.24, 2.45) is 5.73 Å². The molecule has 1 heterocycles. The van der Waals surface area contributed by atoms with Gasteiger partial charge in [0.2, 0.25) is 0 Å². The minimum absolute atomic E-state index is 0. The van der Waals surface area contributed by atoms with Gasteiger partial charge in [0.1, 0.15) is 0 Å². The Bertz CT molecular complexity index is 709. The van der Waals surface area contributed by atoms with Crippen LogP contribution >= 0.6 is 24.0 Å². The summed E-state index contributed by atoms with van der Waals surface area (Å²) in [5.41, 5.74) is 7.24. The summed E-state index contributed by atoms with van der Waals surface area (Å²) >= 11 is 6.13. The molecule has 1 aromatic carbocycles.